The standard InChI is InChI=1S/C13H14N2O5/c16-12(8-3-1-2-4-8)14-11-6-5-9(15(19)20)7-10(11)13(17)18/h5-8H,1-4H2,(H,14,16)(H,17,18). The zero-order valence-electron chi connectivity index (χ0n) is 10.7. The number of nitro groups is 1. The number of carboxylic acids is 1. The number of carbonyl (C=O) groups excluding carboxylic acids is 1. The molecule has 1 aromatic carbocycles. The first-order valence-corrected chi connectivity index (χ1v) is 6.31. The molecule has 2 rings (SSSR count). The van der Waals surface area contributed by atoms with Crippen molar-refractivity contribution in [1.29, 1.82) is 0 Å². The molecular formula is C13H14N2O5. The first-order chi connectivity index (χ1) is 9.49. The molecule has 0 saturated heterocycles. The van der Waals surface area contributed by atoms with Crippen molar-refractivity contribution in [2.24, 2.45) is 5.92 Å². The van der Waals surface area contributed by atoms with Crippen molar-refractivity contribution < 1.29 is 19.6 Å². The van der Waals surface area contributed by atoms with Crippen LogP contribution in [-0.2, 0) is 4.79 Å². The van der Waals surface area contributed by atoms with Gasteiger partial charge < -0.3 is 10.4 Å². The van der Waals surface area contributed by atoms with E-state index in [2.05, 4.69) is 5.32 Å². The Hall–Kier alpha value is -2.44. The van der Waals surface area contributed by atoms with Crippen LogP contribution in [0.1, 0.15) is 36.0 Å². The van der Waals surface area contributed by atoms with E-state index in [1.54, 1.807) is 0 Å². The Morgan fingerprint density at radius 2 is 1.95 bits per heavy atom. The topological polar surface area (TPSA) is 110 Å². The average Bonchev–Trinajstić information content (AvgIpc) is 2.92. The maximum atomic E-state index is 12.0. The number of hydrogen-bond donors (Lipinski definition) is 2. The van der Waals surface area contributed by atoms with Crippen LogP contribution in [-0.4, -0.2) is 21.9 Å². The summed E-state index contributed by atoms with van der Waals surface area (Å²) in [5.74, 6) is -1.64. The molecule has 106 valence electrons. The largest absolute Gasteiger partial charge is 0.478 e. The van der Waals surface area contributed by atoms with Gasteiger partial charge in [0.1, 0.15) is 0 Å². The second-order valence-corrected chi connectivity index (χ2v) is 4.76. The highest BCUT2D eigenvalue weighted by Crippen LogP contribution is 2.28. The molecule has 1 aliphatic rings. The molecule has 1 amide bonds. The van der Waals surface area contributed by atoms with Gasteiger partial charge in [0.15, 0.2) is 0 Å². The third kappa shape index (κ3) is 2.93. The summed E-state index contributed by atoms with van der Waals surface area (Å²) in [5, 5.41) is 22.3. The maximum Gasteiger partial charge on any atom is 0.338 e. The van der Waals surface area contributed by atoms with Crippen LogP contribution >= 0.6 is 0 Å². The number of non-ortho nitro benzene ring substituents is 1. The number of amides is 1. The van der Waals surface area contributed by atoms with Gasteiger partial charge in [0.05, 0.1) is 16.2 Å². The van der Waals surface area contributed by atoms with Crippen LogP contribution in [0.4, 0.5) is 11.4 Å². The van der Waals surface area contributed by atoms with Gasteiger partial charge in [-0.25, -0.2) is 4.79 Å². The number of anilines is 1. The van der Waals surface area contributed by atoms with Crippen molar-refractivity contribution in [2.45, 2.75) is 25.7 Å². The fourth-order valence-corrected chi connectivity index (χ4v) is 2.35. The molecule has 0 atom stereocenters. The number of nitro benzene ring substituents is 1. The summed E-state index contributed by atoms with van der Waals surface area (Å²) in [6, 6.07) is 3.39. The molecule has 1 saturated carbocycles. The van der Waals surface area contributed by atoms with Gasteiger partial charge in [-0.05, 0) is 18.9 Å². The predicted molar refractivity (Wildman–Crippen MR) is 70.6 cm³/mol. The Bertz CT molecular complexity index is 564. The minimum atomic E-state index is -1.31. The van der Waals surface area contributed by atoms with Crippen molar-refractivity contribution in [2.75, 3.05) is 5.32 Å². The third-order valence-corrected chi connectivity index (χ3v) is 3.43. The number of aromatic carboxylic acids is 1. The van der Waals surface area contributed by atoms with Gasteiger partial charge in [0.2, 0.25) is 5.91 Å². The number of hydrogen-bond acceptors (Lipinski definition) is 4. The second kappa shape index (κ2) is 5.68. The minimum Gasteiger partial charge on any atom is -0.478 e. The number of benzene rings is 1. The zero-order valence-corrected chi connectivity index (χ0v) is 10.7. The van der Waals surface area contributed by atoms with Crippen molar-refractivity contribution in [3.8, 4) is 0 Å². The highest BCUT2D eigenvalue weighted by atomic mass is 16.6. The first kappa shape index (κ1) is 14.0. The van der Waals surface area contributed by atoms with Crippen molar-refractivity contribution in [1.82, 2.24) is 0 Å². The second-order valence-electron chi connectivity index (χ2n) is 4.76. The molecule has 0 unspecified atom stereocenters. The Labute approximate surface area is 114 Å². The van der Waals surface area contributed by atoms with Crippen LogP contribution in [0.5, 0.6) is 0 Å². The fraction of sp³-hybridized carbons (Fsp3) is 0.385. The number of carbonyl (C=O) groups is 2. The van der Waals surface area contributed by atoms with Gasteiger partial charge in [-0.2, -0.15) is 0 Å². The lowest BCUT2D eigenvalue weighted by molar-refractivity contribution is -0.384. The Morgan fingerprint density at radius 1 is 1.30 bits per heavy atom. The van der Waals surface area contributed by atoms with E-state index < -0.39 is 10.9 Å². The zero-order chi connectivity index (χ0) is 14.7. The van der Waals surface area contributed by atoms with E-state index >= 15 is 0 Å². The van der Waals surface area contributed by atoms with Crippen molar-refractivity contribution in [3.05, 3.63) is 33.9 Å². The Kier molecular flexibility index (Phi) is 3.97. The molecule has 0 aliphatic heterocycles. The maximum absolute atomic E-state index is 12.0. The van der Waals surface area contributed by atoms with Gasteiger partial charge in [-0.3, -0.25) is 14.9 Å². The molecule has 20 heavy (non-hydrogen) atoms. The van der Waals surface area contributed by atoms with Crippen LogP contribution < -0.4 is 5.32 Å². The summed E-state index contributed by atoms with van der Waals surface area (Å²) >= 11 is 0. The molecule has 1 aromatic rings. The van der Waals surface area contributed by atoms with E-state index in [9.17, 15) is 19.7 Å². The molecule has 1 aliphatic carbocycles. The molecule has 7 nitrogen and oxygen atoms in total. The van der Waals surface area contributed by atoms with Crippen LogP contribution in [0, 0.1) is 16.0 Å². The highest BCUT2D eigenvalue weighted by Gasteiger charge is 2.24. The number of carboxylic acid groups (broad SMARTS) is 1. The van der Waals surface area contributed by atoms with Gasteiger partial charge >= 0.3 is 5.97 Å². The van der Waals surface area contributed by atoms with Gasteiger partial charge in [-0.1, -0.05) is 12.8 Å². The van der Waals surface area contributed by atoms with Gasteiger partial charge in [0.25, 0.3) is 5.69 Å². The van der Waals surface area contributed by atoms with Crippen molar-refractivity contribution >= 4 is 23.3 Å². The molecule has 2 N–H and O–H groups in total. The molecule has 1 fully saturated rings. The van der Waals surface area contributed by atoms with Gasteiger partial charge in [0, 0.05) is 18.1 Å². The van der Waals surface area contributed by atoms with E-state index in [4.69, 9.17) is 5.11 Å². The summed E-state index contributed by atoms with van der Waals surface area (Å²) in [5.41, 5.74) is -0.494. The monoisotopic (exact) mass is 278 g/mol. The molecular weight excluding hydrogens is 264 g/mol. The summed E-state index contributed by atoms with van der Waals surface area (Å²) in [6.07, 6.45) is 3.57. The molecule has 0 bridgehead atoms. The summed E-state index contributed by atoms with van der Waals surface area (Å²) in [6.45, 7) is 0. The number of rotatable bonds is 4. The summed E-state index contributed by atoms with van der Waals surface area (Å²) < 4.78 is 0. The minimum absolute atomic E-state index is 0.0972. The smallest absolute Gasteiger partial charge is 0.338 e. The van der Waals surface area contributed by atoms with E-state index in [0.29, 0.717) is 0 Å². The number of nitrogens with one attached hydrogen (secondary N) is 1. The van der Waals surface area contributed by atoms with Crippen LogP contribution in [0.3, 0.4) is 0 Å². The normalized spacial score (nSPS) is 15.0. The van der Waals surface area contributed by atoms with Crippen LogP contribution in [0.15, 0.2) is 18.2 Å². The van der Waals surface area contributed by atoms with Crippen LogP contribution in [0.25, 0.3) is 0 Å². The highest BCUT2D eigenvalue weighted by molar-refractivity contribution is 6.01. The first-order valence-electron chi connectivity index (χ1n) is 6.31. The average molecular weight is 278 g/mol. The fourth-order valence-electron chi connectivity index (χ4n) is 2.35. The lowest BCUT2D eigenvalue weighted by atomic mass is 10.1. The quantitative estimate of drug-likeness (QED) is 0.649. The molecule has 7 heteroatoms. The lowest BCUT2D eigenvalue weighted by Gasteiger charge is -2.12. The lowest BCUT2D eigenvalue weighted by Crippen LogP contribution is -2.21. The predicted octanol–water partition coefficient (Wildman–Crippen LogP) is 2.42. The molecule has 0 aromatic heterocycles. The van der Waals surface area contributed by atoms with E-state index in [1.807, 2.05) is 0 Å². The third-order valence-electron chi connectivity index (χ3n) is 3.43. The SMILES string of the molecule is O=C(O)c1cc([N+](=O)[O-])ccc1NC(=O)C1CCCC1. The van der Waals surface area contributed by atoms with E-state index in [-0.39, 0.29) is 28.8 Å². The van der Waals surface area contributed by atoms with Gasteiger partial charge in [-0.15, -0.1) is 0 Å². The molecule has 0 radical (unpaired) electrons. The Balaban J connectivity index is 2.24. The molecule has 0 heterocycles. The van der Waals surface area contributed by atoms with E-state index in [1.165, 1.54) is 12.1 Å². The summed E-state index contributed by atoms with van der Waals surface area (Å²) in [7, 11) is 0. The van der Waals surface area contributed by atoms with E-state index in [0.717, 1.165) is 31.7 Å². The summed E-state index contributed by atoms with van der Waals surface area (Å²) in [4.78, 5) is 33.1. The Morgan fingerprint density at radius 3 is 2.50 bits per heavy atom. The van der Waals surface area contributed by atoms with Crippen molar-refractivity contribution in [3.63, 3.8) is 0 Å². The molecule has 0 spiro atoms. The number of nitrogens with zero attached hydrogens (tertiary/aromatic N) is 1. The van der Waals surface area contributed by atoms with Crippen LogP contribution in [0.2, 0.25) is 0 Å².